The third-order valence-electron chi connectivity index (χ3n) is 3.26. The van der Waals surface area contributed by atoms with E-state index in [9.17, 15) is 0 Å². The van der Waals surface area contributed by atoms with Crippen LogP contribution in [-0.2, 0) is 6.42 Å². The van der Waals surface area contributed by atoms with Gasteiger partial charge in [0, 0.05) is 23.7 Å². The van der Waals surface area contributed by atoms with E-state index in [1.807, 2.05) is 11.6 Å². The molecule has 0 aromatic carbocycles. The average molecular weight is 305 g/mol. The van der Waals surface area contributed by atoms with Gasteiger partial charge in [0.2, 0.25) is 0 Å². The first-order valence-corrected chi connectivity index (χ1v) is 8.41. The lowest BCUT2D eigenvalue weighted by Crippen LogP contribution is -2.14. The number of hydrogen-bond acceptors (Lipinski definition) is 6. The summed E-state index contributed by atoms with van der Waals surface area (Å²) in [5.41, 5.74) is 1.16. The fourth-order valence-electron chi connectivity index (χ4n) is 2.25. The van der Waals surface area contributed by atoms with E-state index in [1.54, 1.807) is 17.7 Å². The molecular formula is C15H23N5S. The average Bonchev–Trinajstić information content (AvgIpc) is 3.02. The highest BCUT2D eigenvalue weighted by molar-refractivity contribution is 7.09. The fourth-order valence-corrected chi connectivity index (χ4v) is 3.03. The van der Waals surface area contributed by atoms with E-state index in [1.165, 1.54) is 0 Å². The van der Waals surface area contributed by atoms with E-state index in [0.29, 0.717) is 0 Å². The van der Waals surface area contributed by atoms with Crippen LogP contribution in [0.15, 0.2) is 17.9 Å². The van der Waals surface area contributed by atoms with Crippen molar-refractivity contribution in [2.75, 3.05) is 17.2 Å². The van der Waals surface area contributed by atoms with Crippen molar-refractivity contribution in [2.45, 2.75) is 46.1 Å². The summed E-state index contributed by atoms with van der Waals surface area (Å²) >= 11 is 1.68. The van der Waals surface area contributed by atoms with E-state index >= 15 is 0 Å². The number of nitrogens with one attached hydrogen (secondary N) is 2. The van der Waals surface area contributed by atoms with Crippen LogP contribution in [0, 0.1) is 0 Å². The third kappa shape index (κ3) is 3.91. The van der Waals surface area contributed by atoms with Crippen LogP contribution < -0.4 is 10.6 Å². The number of nitrogens with zero attached hydrogens (tertiary/aromatic N) is 3. The van der Waals surface area contributed by atoms with E-state index in [2.05, 4.69) is 46.4 Å². The Hall–Kier alpha value is -1.69. The molecular weight excluding hydrogens is 282 g/mol. The molecule has 0 radical (unpaired) electrons. The molecule has 0 aliphatic carbocycles. The maximum atomic E-state index is 4.45. The van der Waals surface area contributed by atoms with Gasteiger partial charge in [0.25, 0.3) is 0 Å². The molecule has 2 rings (SSSR count). The normalized spacial score (nSPS) is 12.1. The molecule has 0 bridgehead atoms. The molecule has 2 heterocycles. The van der Waals surface area contributed by atoms with Crippen LogP contribution in [0.2, 0.25) is 0 Å². The van der Waals surface area contributed by atoms with Crippen molar-refractivity contribution >= 4 is 23.0 Å². The molecule has 0 aliphatic heterocycles. The Balaban J connectivity index is 2.27. The molecule has 0 amide bonds. The third-order valence-corrected chi connectivity index (χ3v) is 4.15. The van der Waals surface area contributed by atoms with Gasteiger partial charge in [-0.25, -0.2) is 15.0 Å². The Kier molecular flexibility index (Phi) is 5.92. The lowest BCUT2D eigenvalue weighted by Gasteiger charge is -2.19. The van der Waals surface area contributed by atoms with Crippen LogP contribution in [0.3, 0.4) is 0 Å². The lowest BCUT2D eigenvalue weighted by atomic mass is 10.1. The van der Waals surface area contributed by atoms with Crippen molar-refractivity contribution < 1.29 is 0 Å². The first-order valence-electron chi connectivity index (χ1n) is 7.53. The zero-order valence-corrected chi connectivity index (χ0v) is 13.7. The Morgan fingerprint density at radius 1 is 1.14 bits per heavy atom. The van der Waals surface area contributed by atoms with Gasteiger partial charge in [-0.05, 0) is 19.8 Å². The van der Waals surface area contributed by atoms with E-state index in [-0.39, 0.29) is 6.04 Å². The van der Waals surface area contributed by atoms with Crippen molar-refractivity contribution in [1.82, 2.24) is 15.0 Å². The predicted molar refractivity (Wildman–Crippen MR) is 89.0 cm³/mol. The highest BCUT2D eigenvalue weighted by atomic mass is 32.1. The molecule has 0 saturated carbocycles. The van der Waals surface area contributed by atoms with Crippen LogP contribution in [0.5, 0.6) is 0 Å². The number of hydrogen-bond donors (Lipinski definition) is 2. The number of anilines is 2. The van der Waals surface area contributed by atoms with Gasteiger partial charge in [-0.2, -0.15) is 0 Å². The van der Waals surface area contributed by atoms with Gasteiger partial charge >= 0.3 is 0 Å². The summed E-state index contributed by atoms with van der Waals surface area (Å²) in [5.74, 6) is 1.86. The highest BCUT2D eigenvalue weighted by Gasteiger charge is 2.16. The second-order valence-corrected chi connectivity index (χ2v) is 5.73. The number of thiazole rings is 1. The summed E-state index contributed by atoms with van der Waals surface area (Å²) in [4.78, 5) is 13.2. The molecule has 2 aromatic heterocycles. The Labute approximate surface area is 130 Å². The van der Waals surface area contributed by atoms with Crippen molar-refractivity contribution in [3.63, 3.8) is 0 Å². The smallest absolute Gasteiger partial charge is 0.135 e. The van der Waals surface area contributed by atoms with Gasteiger partial charge in [-0.15, -0.1) is 11.3 Å². The van der Waals surface area contributed by atoms with Crippen LogP contribution >= 0.6 is 11.3 Å². The summed E-state index contributed by atoms with van der Waals surface area (Å²) in [7, 11) is 0. The molecule has 2 N–H and O–H groups in total. The van der Waals surface area contributed by atoms with Gasteiger partial charge in [0.15, 0.2) is 0 Å². The van der Waals surface area contributed by atoms with Crippen LogP contribution in [0.1, 0.15) is 50.2 Å². The predicted octanol–water partition coefficient (Wildman–Crippen LogP) is 3.88. The zero-order chi connectivity index (χ0) is 15.1. The van der Waals surface area contributed by atoms with Crippen molar-refractivity contribution in [1.29, 1.82) is 0 Å². The van der Waals surface area contributed by atoms with E-state index < -0.39 is 0 Å². The van der Waals surface area contributed by atoms with Gasteiger partial charge < -0.3 is 10.6 Å². The second kappa shape index (κ2) is 7.93. The molecule has 6 heteroatoms. The second-order valence-electron chi connectivity index (χ2n) is 4.81. The summed E-state index contributed by atoms with van der Waals surface area (Å²) in [6.07, 6.45) is 6.46. The first-order chi connectivity index (χ1) is 10.3. The molecule has 0 aliphatic rings. The van der Waals surface area contributed by atoms with Crippen molar-refractivity contribution in [2.24, 2.45) is 0 Å². The van der Waals surface area contributed by atoms with Crippen LogP contribution in [0.4, 0.5) is 11.6 Å². The van der Waals surface area contributed by atoms with Gasteiger partial charge in [0.1, 0.15) is 23.0 Å². The molecule has 1 unspecified atom stereocenters. The van der Waals surface area contributed by atoms with E-state index in [4.69, 9.17) is 0 Å². The van der Waals surface area contributed by atoms with Gasteiger partial charge in [0.05, 0.1) is 6.04 Å². The maximum absolute atomic E-state index is 4.45. The Bertz CT molecular complexity index is 541. The monoisotopic (exact) mass is 305 g/mol. The first kappa shape index (κ1) is 15.7. The Morgan fingerprint density at radius 3 is 2.57 bits per heavy atom. The zero-order valence-electron chi connectivity index (χ0n) is 12.9. The summed E-state index contributed by atoms with van der Waals surface area (Å²) in [6.45, 7) is 7.27. The molecule has 0 fully saturated rings. The molecule has 1 atom stereocenters. The highest BCUT2D eigenvalue weighted by Crippen LogP contribution is 2.28. The topological polar surface area (TPSA) is 62.7 Å². The molecule has 5 nitrogen and oxygen atoms in total. The fraction of sp³-hybridized carbons (Fsp3) is 0.533. The van der Waals surface area contributed by atoms with Crippen LogP contribution in [0.25, 0.3) is 0 Å². The summed E-state index contributed by atoms with van der Waals surface area (Å²) in [5, 5.41) is 9.97. The number of rotatable bonds is 8. The van der Waals surface area contributed by atoms with Crippen LogP contribution in [-0.4, -0.2) is 21.5 Å². The van der Waals surface area contributed by atoms with Gasteiger partial charge in [-0.1, -0.05) is 20.3 Å². The van der Waals surface area contributed by atoms with Crippen molar-refractivity contribution in [3.05, 3.63) is 28.5 Å². The van der Waals surface area contributed by atoms with Crippen molar-refractivity contribution in [3.8, 4) is 0 Å². The quantitative estimate of drug-likeness (QED) is 0.775. The van der Waals surface area contributed by atoms with E-state index in [0.717, 1.165) is 48.0 Å². The standard InChI is InChI=1S/C15H23N5S/c1-4-7-11-13(16-6-3)18-10-19-14(11)20-12(5-2)15-17-8-9-21-15/h8-10,12H,4-7H2,1-3H3,(H2,16,18,19,20). The SMILES string of the molecule is CCCc1c(NCC)ncnc1NC(CC)c1nccs1. The molecule has 0 saturated heterocycles. The molecule has 0 spiro atoms. The minimum absolute atomic E-state index is 0.199. The minimum Gasteiger partial charge on any atom is -0.370 e. The summed E-state index contributed by atoms with van der Waals surface area (Å²) < 4.78 is 0. The van der Waals surface area contributed by atoms with Gasteiger partial charge in [-0.3, -0.25) is 0 Å². The maximum Gasteiger partial charge on any atom is 0.135 e. The summed E-state index contributed by atoms with van der Waals surface area (Å²) in [6, 6.07) is 0.199. The Morgan fingerprint density at radius 2 is 1.95 bits per heavy atom. The largest absolute Gasteiger partial charge is 0.370 e. The molecule has 114 valence electrons. The minimum atomic E-state index is 0.199. The lowest BCUT2D eigenvalue weighted by molar-refractivity contribution is 0.732. The molecule has 2 aromatic rings. The molecule has 21 heavy (non-hydrogen) atoms. The number of aromatic nitrogens is 3.